The zero-order valence-electron chi connectivity index (χ0n) is 9.49. The number of ether oxygens (including phenoxy) is 1. The van der Waals surface area contributed by atoms with Crippen LogP contribution in [0.5, 0.6) is 0 Å². The van der Waals surface area contributed by atoms with Crippen LogP contribution in [0, 0.1) is 0 Å². The maximum atomic E-state index is 10.7. The molecule has 16 heavy (non-hydrogen) atoms. The molecule has 1 atom stereocenters. The van der Waals surface area contributed by atoms with Gasteiger partial charge < -0.3 is 21.1 Å². The summed E-state index contributed by atoms with van der Waals surface area (Å²) in [5.41, 5.74) is 6.61. The van der Waals surface area contributed by atoms with Gasteiger partial charge in [-0.1, -0.05) is 6.07 Å². The fourth-order valence-corrected chi connectivity index (χ4v) is 1.41. The SMILES string of the molecule is COCC(C)Nc1cccc(NC(N)=O)c1. The fraction of sp³-hybridized carbons (Fsp3) is 0.364. The van der Waals surface area contributed by atoms with Crippen LogP contribution in [0.25, 0.3) is 0 Å². The van der Waals surface area contributed by atoms with Crippen molar-refractivity contribution < 1.29 is 9.53 Å². The van der Waals surface area contributed by atoms with E-state index < -0.39 is 6.03 Å². The van der Waals surface area contributed by atoms with Gasteiger partial charge in [-0.25, -0.2) is 4.79 Å². The van der Waals surface area contributed by atoms with Gasteiger partial charge >= 0.3 is 6.03 Å². The van der Waals surface area contributed by atoms with E-state index in [-0.39, 0.29) is 6.04 Å². The Morgan fingerprint density at radius 3 is 2.81 bits per heavy atom. The van der Waals surface area contributed by atoms with Crippen LogP contribution in [-0.4, -0.2) is 25.8 Å². The summed E-state index contributed by atoms with van der Waals surface area (Å²) in [6, 6.07) is 6.98. The fourth-order valence-electron chi connectivity index (χ4n) is 1.41. The predicted octanol–water partition coefficient (Wildman–Crippen LogP) is 1.62. The summed E-state index contributed by atoms with van der Waals surface area (Å²) >= 11 is 0. The lowest BCUT2D eigenvalue weighted by Gasteiger charge is -2.14. The molecule has 0 heterocycles. The van der Waals surface area contributed by atoms with Crippen molar-refractivity contribution in [1.29, 1.82) is 0 Å². The number of nitrogens with two attached hydrogens (primary N) is 1. The van der Waals surface area contributed by atoms with Crippen LogP contribution in [0.2, 0.25) is 0 Å². The molecule has 0 aliphatic carbocycles. The van der Waals surface area contributed by atoms with E-state index in [0.717, 1.165) is 5.69 Å². The number of rotatable bonds is 5. The minimum absolute atomic E-state index is 0.203. The van der Waals surface area contributed by atoms with Gasteiger partial charge in [0.1, 0.15) is 0 Å². The lowest BCUT2D eigenvalue weighted by Crippen LogP contribution is -2.21. The van der Waals surface area contributed by atoms with Gasteiger partial charge in [-0.3, -0.25) is 0 Å². The van der Waals surface area contributed by atoms with E-state index in [1.807, 2.05) is 25.1 Å². The third-order valence-corrected chi connectivity index (χ3v) is 1.96. The summed E-state index contributed by atoms with van der Waals surface area (Å²) in [6.45, 7) is 2.63. The third kappa shape index (κ3) is 4.18. The van der Waals surface area contributed by atoms with Crippen LogP contribution in [0.15, 0.2) is 24.3 Å². The molecule has 0 radical (unpaired) electrons. The smallest absolute Gasteiger partial charge is 0.316 e. The first-order valence-corrected chi connectivity index (χ1v) is 5.04. The molecular weight excluding hydrogens is 206 g/mol. The second-order valence-corrected chi connectivity index (χ2v) is 3.57. The molecule has 0 aromatic heterocycles. The van der Waals surface area contributed by atoms with E-state index in [1.54, 1.807) is 13.2 Å². The van der Waals surface area contributed by atoms with Gasteiger partial charge in [-0.05, 0) is 25.1 Å². The van der Waals surface area contributed by atoms with Gasteiger partial charge in [0.25, 0.3) is 0 Å². The largest absolute Gasteiger partial charge is 0.383 e. The highest BCUT2D eigenvalue weighted by Gasteiger charge is 2.02. The first-order valence-electron chi connectivity index (χ1n) is 5.04. The normalized spacial score (nSPS) is 11.9. The van der Waals surface area contributed by atoms with E-state index in [4.69, 9.17) is 10.5 Å². The molecule has 1 unspecified atom stereocenters. The van der Waals surface area contributed by atoms with Crippen LogP contribution in [0.1, 0.15) is 6.92 Å². The molecule has 88 valence electrons. The molecule has 0 saturated heterocycles. The van der Waals surface area contributed by atoms with E-state index in [0.29, 0.717) is 12.3 Å². The number of anilines is 2. The van der Waals surface area contributed by atoms with Crippen molar-refractivity contribution in [2.45, 2.75) is 13.0 Å². The van der Waals surface area contributed by atoms with Crippen LogP contribution in [-0.2, 0) is 4.74 Å². The van der Waals surface area contributed by atoms with Crippen molar-refractivity contribution >= 4 is 17.4 Å². The summed E-state index contributed by atoms with van der Waals surface area (Å²) < 4.78 is 5.02. The Hall–Kier alpha value is -1.75. The number of nitrogens with one attached hydrogen (secondary N) is 2. The van der Waals surface area contributed by atoms with Gasteiger partial charge in [0.2, 0.25) is 0 Å². The quantitative estimate of drug-likeness (QED) is 0.710. The molecule has 0 bridgehead atoms. The zero-order valence-corrected chi connectivity index (χ0v) is 9.49. The Kier molecular flexibility index (Phi) is 4.60. The van der Waals surface area contributed by atoms with E-state index in [2.05, 4.69) is 10.6 Å². The van der Waals surface area contributed by atoms with Crippen molar-refractivity contribution in [3.05, 3.63) is 24.3 Å². The number of urea groups is 1. The third-order valence-electron chi connectivity index (χ3n) is 1.96. The number of hydrogen-bond donors (Lipinski definition) is 3. The Morgan fingerprint density at radius 2 is 2.19 bits per heavy atom. The number of carbonyl (C=O) groups excluding carboxylic acids is 1. The van der Waals surface area contributed by atoms with Gasteiger partial charge in [0.15, 0.2) is 0 Å². The maximum absolute atomic E-state index is 10.7. The van der Waals surface area contributed by atoms with Crippen LogP contribution < -0.4 is 16.4 Å². The summed E-state index contributed by atoms with van der Waals surface area (Å²) in [6.07, 6.45) is 0. The maximum Gasteiger partial charge on any atom is 0.316 e. The van der Waals surface area contributed by atoms with Crippen molar-refractivity contribution in [1.82, 2.24) is 0 Å². The van der Waals surface area contributed by atoms with Gasteiger partial charge in [-0.2, -0.15) is 0 Å². The van der Waals surface area contributed by atoms with Gasteiger partial charge in [0, 0.05) is 24.5 Å². The Balaban J connectivity index is 2.63. The Morgan fingerprint density at radius 1 is 1.50 bits per heavy atom. The molecule has 0 spiro atoms. The summed E-state index contributed by atoms with van der Waals surface area (Å²) in [4.78, 5) is 10.7. The van der Waals surface area contributed by atoms with Crippen LogP contribution >= 0.6 is 0 Å². The molecule has 5 heteroatoms. The number of carbonyl (C=O) groups is 1. The van der Waals surface area contributed by atoms with Gasteiger partial charge in [0.05, 0.1) is 6.61 Å². The standard InChI is InChI=1S/C11H17N3O2/c1-8(7-16-2)13-9-4-3-5-10(6-9)14-11(12)15/h3-6,8,13H,7H2,1-2H3,(H3,12,14,15). The molecule has 0 fully saturated rings. The zero-order chi connectivity index (χ0) is 12.0. The molecule has 4 N–H and O–H groups in total. The lowest BCUT2D eigenvalue weighted by molar-refractivity contribution is 0.190. The molecule has 0 aliphatic heterocycles. The molecule has 1 aromatic rings. The molecule has 1 aromatic carbocycles. The minimum Gasteiger partial charge on any atom is -0.383 e. The summed E-state index contributed by atoms with van der Waals surface area (Å²) in [7, 11) is 1.66. The summed E-state index contributed by atoms with van der Waals surface area (Å²) in [5, 5.41) is 5.76. The summed E-state index contributed by atoms with van der Waals surface area (Å²) in [5.74, 6) is 0. The first kappa shape index (κ1) is 12.3. The van der Waals surface area contributed by atoms with E-state index in [9.17, 15) is 4.79 Å². The highest BCUT2D eigenvalue weighted by molar-refractivity contribution is 5.88. The van der Waals surface area contributed by atoms with Gasteiger partial charge in [-0.15, -0.1) is 0 Å². The molecule has 2 amide bonds. The molecular formula is C11H17N3O2. The van der Waals surface area contributed by atoms with Crippen LogP contribution in [0.4, 0.5) is 16.2 Å². The number of hydrogen-bond acceptors (Lipinski definition) is 3. The van der Waals surface area contributed by atoms with Crippen molar-refractivity contribution in [3.8, 4) is 0 Å². The van der Waals surface area contributed by atoms with Crippen LogP contribution in [0.3, 0.4) is 0 Å². The number of benzene rings is 1. The average Bonchev–Trinajstić information content (AvgIpc) is 2.17. The van der Waals surface area contributed by atoms with Crippen molar-refractivity contribution in [3.63, 3.8) is 0 Å². The lowest BCUT2D eigenvalue weighted by atomic mass is 10.2. The number of primary amides is 1. The second kappa shape index (κ2) is 5.97. The Labute approximate surface area is 95.0 Å². The van der Waals surface area contributed by atoms with E-state index in [1.165, 1.54) is 0 Å². The van der Waals surface area contributed by atoms with Crippen molar-refractivity contribution in [2.24, 2.45) is 5.73 Å². The first-order chi connectivity index (χ1) is 7.61. The Bertz CT molecular complexity index is 355. The molecule has 5 nitrogen and oxygen atoms in total. The number of amides is 2. The second-order valence-electron chi connectivity index (χ2n) is 3.57. The minimum atomic E-state index is -0.568. The highest BCUT2D eigenvalue weighted by Crippen LogP contribution is 2.15. The monoisotopic (exact) mass is 223 g/mol. The highest BCUT2D eigenvalue weighted by atomic mass is 16.5. The topological polar surface area (TPSA) is 76.4 Å². The number of methoxy groups -OCH3 is 1. The van der Waals surface area contributed by atoms with E-state index >= 15 is 0 Å². The average molecular weight is 223 g/mol. The van der Waals surface area contributed by atoms with Crippen molar-refractivity contribution in [2.75, 3.05) is 24.4 Å². The molecule has 0 aliphatic rings. The molecule has 0 saturated carbocycles. The predicted molar refractivity (Wildman–Crippen MR) is 64.6 cm³/mol. The molecule has 1 rings (SSSR count).